The Balaban J connectivity index is 1.31. The van der Waals surface area contributed by atoms with Gasteiger partial charge in [-0.1, -0.05) is 26.0 Å². The molecule has 2 aromatic rings. The second-order valence-electron chi connectivity index (χ2n) is 9.73. The van der Waals surface area contributed by atoms with Gasteiger partial charge in [-0.2, -0.15) is 5.10 Å². The molecule has 1 aromatic heterocycles. The number of allylic oxidation sites excluding steroid dienone is 2. The number of nitrogens with one attached hydrogen (secondary N) is 2. The summed E-state index contributed by atoms with van der Waals surface area (Å²) in [6.45, 7) is 3.98. The summed E-state index contributed by atoms with van der Waals surface area (Å²) in [4.78, 5) is 45.2. The number of likely N-dealkylation sites (tertiary alicyclic amines) is 1. The Morgan fingerprint density at radius 3 is 2.30 bits per heavy atom. The largest absolute Gasteiger partial charge is 0.324 e. The van der Waals surface area contributed by atoms with Crippen molar-refractivity contribution in [1.29, 1.82) is 0 Å². The van der Waals surface area contributed by atoms with E-state index in [-0.39, 0.29) is 35.5 Å². The average Bonchev–Trinajstić information content (AvgIpc) is 3.49. The highest BCUT2D eigenvalue weighted by Gasteiger charge is 2.51. The predicted octanol–water partition coefficient (Wildman–Crippen LogP) is 3.65. The molecule has 0 spiro atoms. The third-order valence-electron chi connectivity index (χ3n) is 6.73. The summed E-state index contributed by atoms with van der Waals surface area (Å²) in [5, 5.41) is 10.2. The van der Waals surface area contributed by atoms with Crippen LogP contribution in [0.3, 0.4) is 0 Å². The zero-order valence-corrected chi connectivity index (χ0v) is 19.0. The van der Waals surface area contributed by atoms with Crippen molar-refractivity contribution in [2.75, 3.05) is 5.32 Å². The van der Waals surface area contributed by atoms with E-state index in [1.807, 2.05) is 38.1 Å². The minimum absolute atomic E-state index is 0.149. The Labute approximate surface area is 192 Å². The van der Waals surface area contributed by atoms with Crippen LogP contribution in [-0.4, -0.2) is 43.8 Å². The van der Waals surface area contributed by atoms with Crippen LogP contribution < -0.4 is 5.32 Å². The van der Waals surface area contributed by atoms with E-state index in [2.05, 4.69) is 20.5 Å². The van der Waals surface area contributed by atoms with Gasteiger partial charge < -0.3 is 5.32 Å². The van der Waals surface area contributed by atoms with Crippen molar-refractivity contribution in [3.05, 3.63) is 42.2 Å². The number of nitrogens with zero attached hydrogens (tertiary/aromatic N) is 3. The highest BCUT2D eigenvalue weighted by atomic mass is 16.2. The molecule has 0 bridgehead atoms. The van der Waals surface area contributed by atoms with E-state index >= 15 is 0 Å². The van der Waals surface area contributed by atoms with E-state index in [4.69, 9.17) is 0 Å². The van der Waals surface area contributed by atoms with Crippen LogP contribution in [0.5, 0.6) is 0 Å². The normalized spacial score (nSPS) is 23.2. The molecule has 0 radical (unpaired) electrons. The number of carbonyl (C=O) groups is 3. The van der Waals surface area contributed by atoms with Gasteiger partial charge in [-0.3, -0.25) is 24.4 Å². The van der Waals surface area contributed by atoms with E-state index in [9.17, 15) is 14.4 Å². The van der Waals surface area contributed by atoms with Crippen molar-refractivity contribution in [3.8, 4) is 11.4 Å². The molecule has 3 unspecified atom stereocenters. The summed E-state index contributed by atoms with van der Waals surface area (Å²) in [5.74, 6) is 0.750. The lowest BCUT2D eigenvalue weighted by Crippen LogP contribution is -2.48. The predicted molar refractivity (Wildman–Crippen MR) is 123 cm³/mol. The molecule has 2 fully saturated rings. The second-order valence-corrected chi connectivity index (χ2v) is 9.73. The van der Waals surface area contributed by atoms with Crippen LogP contribution in [0.25, 0.3) is 11.4 Å². The minimum Gasteiger partial charge on any atom is -0.324 e. The maximum absolute atomic E-state index is 13.3. The minimum atomic E-state index is -0.815. The number of hydrogen-bond acceptors (Lipinski definition) is 5. The van der Waals surface area contributed by atoms with Gasteiger partial charge >= 0.3 is 0 Å². The van der Waals surface area contributed by atoms with Crippen LogP contribution in [0.4, 0.5) is 5.69 Å². The fourth-order valence-electron chi connectivity index (χ4n) is 4.78. The van der Waals surface area contributed by atoms with Crippen LogP contribution in [0.2, 0.25) is 0 Å². The maximum atomic E-state index is 13.3. The monoisotopic (exact) mass is 447 g/mol. The zero-order valence-electron chi connectivity index (χ0n) is 19.0. The molecule has 1 saturated carbocycles. The maximum Gasteiger partial charge on any atom is 0.247 e. The number of aromatic nitrogens is 3. The molecule has 8 nitrogen and oxygen atoms in total. The van der Waals surface area contributed by atoms with Gasteiger partial charge in [0.1, 0.15) is 11.9 Å². The zero-order chi connectivity index (χ0) is 23.1. The molecule has 2 heterocycles. The Morgan fingerprint density at radius 2 is 1.73 bits per heavy atom. The Morgan fingerprint density at radius 1 is 1.09 bits per heavy atom. The number of amides is 3. The van der Waals surface area contributed by atoms with Gasteiger partial charge in [-0.25, -0.2) is 4.98 Å². The summed E-state index contributed by atoms with van der Waals surface area (Å²) in [6.07, 6.45) is 7.76. The summed E-state index contributed by atoms with van der Waals surface area (Å²) in [7, 11) is 0. The third-order valence-corrected chi connectivity index (χ3v) is 6.73. The quantitative estimate of drug-likeness (QED) is 0.497. The average molecular weight is 448 g/mol. The highest BCUT2D eigenvalue weighted by molar-refractivity contribution is 6.10. The molecule has 172 valence electrons. The summed E-state index contributed by atoms with van der Waals surface area (Å²) >= 11 is 0. The van der Waals surface area contributed by atoms with Crippen molar-refractivity contribution in [3.63, 3.8) is 0 Å². The van der Waals surface area contributed by atoms with Crippen LogP contribution in [0, 0.1) is 17.8 Å². The first-order valence-electron chi connectivity index (χ1n) is 11.8. The van der Waals surface area contributed by atoms with Gasteiger partial charge in [0.25, 0.3) is 0 Å². The van der Waals surface area contributed by atoms with E-state index in [0.29, 0.717) is 36.7 Å². The standard InChI is InChI=1S/C25H29N5O3/c1-14(2)13-20(30-24(32)18-5-3-4-6-19(18)25(30)33)23(31)26-17-11-9-16(10-12-17)22-27-21(28-29-22)15-7-8-15/h3-4,9-12,14-15,18-20H,5-8,13H2,1-2H3,(H,26,31)(H,27,28,29). The second kappa shape index (κ2) is 8.57. The molecule has 1 aromatic carbocycles. The van der Waals surface area contributed by atoms with Gasteiger partial charge in [0, 0.05) is 17.2 Å². The number of anilines is 1. The summed E-state index contributed by atoms with van der Waals surface area (Å²) in [6, 6.07) is 6.50. The Hall–Kier alpha value is -3.29. The number of H-pyrrole nitrogens is 1. The topological polar surface area (TPSA) is 108 Å². The third kappa shape index (κ3) is 4.21. The first-order chi connectivity index (χ1) is 15.9. The fraction of sp³-hybridized carbons (Fsp3) is 0.480. The number of hydrogen-bond donors (Lipinski definition) is 2. The summed E-state index contributed by atoms with van der Waals surface area (Å²) in [5.41, 5.74) is 1.46. The molecule has 3 atom stereocenters. The molecule has 2 aliphatic carbocycles. The number of imide groups is 1. The van der Waals surface area contributed by atoms with E-state index in [1.54, 1.807) is 12.1 Å². The molecular weight excluding hydrogens is 418 g/mol. The van der Waals surface area contributed by atoms with Gasteiger partial charge in [0.2, 0.25) is 17.7 Å². The molecular formula is C25H29N5O3. The van der Waals surface area contributed by atoms with E-state index in [1.165, 1.54) is 4.90 Å². The molecule has 1 saturated heterocycles. The Kier molecular flexibility index (Phi) is 5.60. The van der Waals surface area contributed by atoms with Crippen molar-refractivity contribution < 1.29 is 14.4 Å². The molecule has 3 amide bonds. The first-order valence-corrected chi connectivity index (χ1v) is 11.8. The number of aromatic amines is 1. The SMILES string of the molecule is CC(C)CC(C(=O)Nc1ccc(-c2n[nH]c(C3CC3)n2)cc1)N1C(=O)C2CC=CCC2C1=O. The lowest BCUT2D eigenvalue weighted by atomic mass is 9.85. The molecule has 33 heavy (non-hydrogen) atoms. The first kappa shape index (κ1) is 21.6. The van der Waals surface area contributed by atoms with Gasteiger partial charge in [-0.15, -0.1) is 0 Å². The lowest BCUT2D eigenvalue weighted by molar-refractivity contribution is -0.147. The van der Waals surface area contributed by atoms with Gasteiger partial charge in [-0.05, 0) is 62.3 Å². The van der Waals surface area contributed by atoms with Gasteiger partial charge in [0.15, 0.2) is 5.82 Å². The molecule has 8 heteroatoms. The summed E-state index contributed by atoms with van der Waals surface area (Å²) < 4.78 is 0. The van der Waals surface area contributed by atoms with Crippen LogP contribution in [0.15, 0.2) is 36.4 Å². The van der Waals surface area contributed by atoms with E-state index in [0.717, 1.165) is 24.2 Å². The van der Waals surface area contributed by atoms with E-state index < -0.39 is 6.04 Å². The van der Waals surface area contributed by atoms with Crippen molar-refractivity contribution in [1.82, 2.24) is 20.1 Å². The fourth-order valence-corrected chi connectivity index (χ4v) is 4.78. The number of carbonyl (C=O) groups excluding carboxylic acids is 3. The van der Waals surface area contributed by atoms with Crippen LogP contribution in [-0.2, 0) is 14.4 Å². The molecule has 1 aliphatic heterocycles. The Bertz CT molecular complexity index is 1070. The van der Waals surface area contributed by atoms with Crippen LogP contribution in [0.1, 0.15) is 57.7 Å². The lowest BCUT2D eigenvalue weighted by Gasteiger charge is -2.27. The number of benzene rings is 1. The van der Waals surface area contributed by atoms with Crippen LogP contribution >= 0.6 is 0 Å². The molecule has 5 rings (SSSR count). The number of fused-ring (bicyclic) bond motifs is 1. The molecule has 2 N–H and O–H groups in total. The van der Waals surface area contributed by atoms with Crippen molar-refractivity contribution in [2.24, 2.45) is 17.8 Å². The van der Waals surface area contributed by atoms with Gasteiger partial charge in [0.05, 0.1) is 11.8 Å². The number of rotatable bonds is 7. The molecule has 3 aliphatic rings. The smallest absolute Gasteiger partial charge is 0.247 e. The van der Waals surface area contributed by atoms with Crippen molar-refractivity contribution in [2.45, 2.75) is 57.9 Å². The van der Waals surface area contributed by atoms with Crippen molar-refractivity contribution >= 4 is 23.4 Å². The highest BCUT2D eigenvalue weighted by Crippen LogP contribution is 2.39.